The second-order valence-electron chi connectivity index (χ2n) is 4.36. The van der Waals surface area contributed by atoms with Gasteiger partial charge in [-0.15, -0.1) is 0 Å². The molecule has 2 N–H and O–H groups in total. The Labute approximate surface area is 106 Å². The quantitative estimate of drug-likeness (QED) is 0.762. The van der Waals surface area contributed by atoms with Gasteiger partial charge < -0.3 is 15.3 Å². The standard InChI is InChI=1S/C10H13F3N2O4/c1-6(16)14-4-7(17)15-3-2-9(5-15,8(18)19)10(11,12)13/h2-5H2,1H3,(H,14,16)(H,18,19). The molecule has 1 atom stereocenters. The lowest BCUT2D eigenvalue weighted by atomic mass is 9.86. The number of amides is 2. The van der Waals surface area contributed by atoms with Crippen molar-refractivity contribution in [1.29, 1.82) is 0 Å². The molecular weight excluding hydrogens is 269 g/mol. The summed E-state index contributed by atoms with van der Waals surface area (Å²) in [5, 5.41) is 10.9. The van der Waals surface area contributed by atoms with E-state index in [-0.39, 0.29) is 6.54 Å². The first-order chi connectivity index (χ1) is 8.60. The smallest absolute Gasteiger partial charge is 0.406 e. The summed E-state index contributed by atoms with van der Waals surface area (Å²) >= 11 is 0. The van der Waals surface area contributed by atoms with Crippen molar-refractivity contribution in [2.75, 3.05) is 19.6 Å². The van der Waals surface area contributed by atoms with Crippen LogP contribution < -0.4 is 5.32 Å². The zero-order valence-electron chi connectivity index (χ0n) is 10.1. The monoisotopic (exact) mass is 282 g/mol. The molecule has 0 bridgehead atoms. The lowest BCUT2D eigenvalue weighted by Gasteiger charge is -2.27. The van der Waals surface area contributed by atoms with Gasteiger partial charge in [0.05, 0.1) is 6.54 Å². The normalized spacial score (nSPS) is 23.3. The predicted molar refractivity (Wildman–Crippen MR) is 56.0 cm³/mol. The number of nitrogens with one attached hydrogen (secondary N) is 1. The molecule has 1 fully saturated rings. The maximum Gasteiger partial charge on any atom is 0.406 e. The molecule has 1 unspecified atom stereocenters. The molecule has 1 saturated heterocycles. The second-order valence-corrected chi connectivity index (χ2v) is 4.36. The number of hydrogen-bond acceptors (Lipinski definition) is 3. The highest BCUT2D eigenvalue weighted by molar-refractivity contribution is 5.85. The van der Waals surface area contributed by atoms with Gasteiger partial charge in [0.2, 0.25) is 11.8 Å². The summed E-state index contributed by atoms with van der Waals surface area (Å²) in [6.45, 7) is -0.508. The van der Waals surface area contributed by atoms with Gasteiger partial charge in [-0.25, -0.2) is 0 Å². The van der Waals surface area contributed by atoms with Gasteiger partial charge in [-0.05, 0) is 6.42 Å². The van der Waals surface area contributed by atoms with Crippen molar-refractivity contribution in [3.8, 4) is 0 Å². The largest absolute Gasteiger partial charge is 0.481 e. The van der Waals surface area contributed by atoms with Crippen LogP contribution >= 0.6 is 0 Å². The lowest BCUT2D eigenvalue weighted by molar-refractivity contribution is -0.227. The lowest BCUT2D eigenvalue weighted by Crippen LogP contribution is -2.48. The molecule has 1 aliphatic heterocycles. The molecule has 1 heterocycles. The number of halogens is 3. The number of carboxylic acids is 1. The molecule has 6 nitrogen and oxygen atoms in total. The zero-order valence-corrected chi connectivity index (χ0v) is 10.1. The van der Waals surface area contributed by atoms with Crippen molar-refractivity contribution in [1.82, 2.24) is 10.2 Å². The Kier molecular flexibility index (Phi) is 4.06. The molecule has 0 spiro atoms. The number of alkyl halides is 3. The maximum atomic E-state index is 12.8. The Hall–Kier alpha value is -1.80. The van der Waals surface area contributed by atoms with Crippen molar-refractivity contribution >= 4 is 17.8 Å². The first-order valence-electron chi connectivity index (χ1n) is 5.42. The highest BCUT2D eigenvalue weighted by Crippen LogP contribution is 2.45. The van der Waals surface area contributed by atoms with Crippen LogP contribution in [0.25, 0.3) is 0 Å². The number of nitrogens with zero attached hydrogens (tertiary/aromatic N) is 1. The molecule has 0 radical (unpaired) electrons. The fourth-order valence-corrected chi connectivity index (χ4v) is 1.86. The van der Waals surface area contributed by atoms with E-state index in [1.165, 1.54) is 0 Å². The number of likely N-dealkylation sites (tertiary alicyclic amines) is 1. The van der Waals surface area contributed by atoms with Crippen molar-refractivity contribution < 1.29 is 32.7 Å². The van der Waals surface area contributed by atoms with Crippen LogP contribution in [0.3, 0.4) is 0 Å². The predicted octanol–water partition coefficient (Wildman–Crippen LogP) is -0.0119. The summed E-state index contributed by atoms with van der Waals surface area (Å²) in [5.41, 5.74) is -2.92. The summed E-state index contributed by atoms with van der Waals surface area (Å²) in [4.78, 5) is 33.8. The highest BCUT2D eigenvalue weighted by Gasteiger charge is 2.64. The van der Waals surface area contributed by atoms with E-state index >= 15 is 0 Å². The fourth-order valence-electron chi connectivity index (χ4n) is 1.86. The SMILES string of the molecule is CC(=O)NCC(=O)N1CCC(C(=O)O)(C(F)(F)F)C1. The van der Waals surface area contributed by atoms with Gasteiger partial charge in [0.25, 0.3) is 0 Å². The molecule has 108 valence electrons. The number of aliphatic carboxylic acids is 1. The fraction of sp³-hybridized carbons (Fsp3) is 0.700. The van der Waals surface area contributed by atoms with Gasteiger partial charge in [0.15, 0.2) is 5.41 Å². The van der Waals surface area contributed by atoms with Crippen LogP contribution in [0.1, 0.15) is 13.3 Å². The van der Waals surface area contributed by atoms with Crippen molar-refractivity contribution in [2.24, 2.45) is 5.41 Å². The molecule has 2 amide bonds. The number of hydrogen-bond donors (Lipinski definition) is 2. The molecule has 9 heteroatoms. The molecule has 1 aliphatic rings. The highest BCUT2D eigenvalue weighted by atomic mass is 19.4. The topological polar surface area (TPSA) is 86.7 Å². The van der Waals surface area contributed by atoms with Crippen LogP contribution in [0.4, 0.5) is 13.2 Å². The summed E-state index contributed by atoms with van der Waals surface area (Å²) in [6, 6.07) is 0. The van der Waals surface area contributed by atoms with E-state index in [1.807, 2.05) is 0 Å². The Morgan fingerprint density at radius 2 is 1.95 bits per heavy atom. The van der Waals surface area contributed by atoms with Gasteiger partial charge in [0, 0.05) is 20.0 Å². The van der Waals surface area contributed by atoms with E-state index in [0.717, 1.165) is 11.8 Å². The van der Waals surface area contributed by atoms with Gasteiger partial charge in [-0.3, -0.25) is 14.4 Å². The van der Waals surface area contributed by atoms with Crippen molar-refractivity contribution in [3.63, 3.8) is 0 Å². The second kappa shape index (κ2) is 5.06. The van der Waals surface area contributed by atoms with Crippen LogP contribution in [-0.2, 0) is 14.4 Å². The van der Waals surface area contributed by atoms with Crippen molar-refractivity contribution in [2.45, 2.75) is 19.5 Å². The van der Waals surface area contributed by atoms with E-state index in [9.17, 15) is 27.6 Å². The minimum Gasteiger partial charge on any atom is -0.481 e. The molecule has 1 rings (SSSR count). The molecule has 0 aliphatic carbocycles. The summed E-state index contributed by atoms with van der Waals surface area (Å²) in [5.74, 6) is -3.22. The minimum absolute atomic E-state index is 0.301. The van der Waals surface area contributed by atoms with E-state index in [2.05, 4.69) is 5.32 Å². The molecule has 0 saturated carbocycles. The summed E-state index contributed by atoms with van der Waals surface area (Å²) in [6.07, 6.45) is -5.61. The third-order valence-electron chi connectivity index (χ3n) is 3.06. The number of carbonyl (C=O) groups excluding carboxylic acids is 2. The van der Waals surface area contributed by atoms with E-state index < -0.39 is 48.9 Å². The average Bonchev–Trinajstić information content (AvgIpc) is 2.71. The average molecular weight is 282 g/mol. The van der Waals surface area contributed by atoms with Crippen LogP contribution in [0.2, 0.25) is 0 Å². The number of carboxylic acid groups (broad SMARTS) is 1. The Morgan fingerprint density at radius 3 is 2.32 bits per heavy atom. The molecule has 19 heavy (non-hydrogen) atoms. The summed E-state index contributed by atoms with van der Waals surface area (Å²) < 4.78 is 38.5. The third-order valence-corrected chi connectivity index (χ3v) is 3.06. The van der Waals surface area contributed by atoms with Crippen LogP contribution in [0.5, 0.6) is 0 Å². The van der Waals surface area contributed by atoms with Gasteiger partial charge in [-0.2, -0.15) is 13.2 Å². The van der Waals surface area contributed by atoms with Crippen LogP contribution in [-0.4, -0.2) is 53.6 Å². The molecular formula is C10H13F3N2O4. The van der Waals surface area contributed by atoms with E-state index in [0.29, 0.717) is 0 Å². The zero-order chi connectivity index (χ0) is 14.8. The van der Waals surface area contributed by atoms with Crippen LogP contribution in [0.15, 0.2) is 0 Å². The Balaban J connectivity index is 2.78. The van der Waals surface area contributed by atoms with Crippen molar-refractivity contribution in [3.05, 3.63) is 0 Å². The third kappa shape index (κ3) is 2.96. The van der Waals surface area contributed by atoms with Gasteiger partial charge >= 0.3 is 12.1 Å². The van der Waals surface area contributed by atoms with Gasteiger partial charge in [-0.1, -0.05) is 0 Å². The van der Waals surface area contributed by atoms with Crippen LogP contribution in [0, 0.1) is 5.41 Å². The van der Waals surface area contributed by atoms with Gasteiger partial charge in [0.1, 0.15) is 0 Å². The molecule has 0 aromatic heterocycles. The molecule has 0 aromatic rings. The number of carbonyl (C=O) groups is 3. The first kappa shape index (κ1) is 15.3. The Bertz CT molecular complexity index is 410. The van der Waals surface area contributed by atoms with E-state index in [1.54, 1.807) is 0 Å². The minimum atomic E-state index is -4.93. The maximum absolute atomic E-state index is 12.8. The van der Waals surface area contributed by atoms with E-state index in [4.69, 9.17) is 5.11 Å². The molecule has 0 aromatic carbocycles. The first-order valence-corrected chi connectivity index (χ1v) is 5.42. The summed E-state index contributed by atoms with van der Waals surface area (Å²) in [7, 11) is 0. The Morgan fingerprint density at radius 1 is 1.37 bits per heavy atom. The number of rotatable bonds is 3.